The largest absolute Gasteiger partial charge is 0.488 e. The maximum atomic E-state index is 12.3. The number of aliphatic hydroxyl groups excluding tert-OH is 1. The van der Waals surface area contributed by atoms with Crippen molar-refractivity contribution in [2.75, 3.05) is 25.1 Å². The summed E-state index contributed by atoms with van der Waals surface area (Å²) in [6, 6.07) is 13.0. The molecule has 1 heterocycles. The highest BCUT2D eigenvalue weighted by atomic mass is 16.5. The number of rotatable bonds is 6. The summed E-state index contributed by atoms with van der Waals surface area (Å²) in [7, 11) is 0. The number of amides is 2. The summed E-state index contributed by atoms with van der Waals surface area (Å²) in [5, 5.41) is 15.9. The van der Waals surface area contributed by atoms with Gasteiger partial charge in [0.2, 0.25) is 0 Å². The number of hydrogen-bond acceptors (Lipinski definition) is 4. The number of ether oxygens (including phenoxy) is 2. The summed E-state index contributed by atoms with van der Waals surface area (Å²) in [5.41, 5.74) is 3.67. The van der Waals surface area contributed by atoms with Crippen molar-refractivity contribution in [1.82, 2.24) is 5.32 Å². The van der Waals surface area contributed by atoms with E-state index in [-0.39, 0.29) is 24.1 Å². The summed E-state index contributed by atoms with van der Waals surface area (Å²) in [6.45, 7) is 9.83. The van der Waals surface area contributed by atoms with Gasteiger partial charge < -0.3 is 25.2 Å². The highest BCUT2D eigenvalue weighted by molar-refractivity contribution is 5.89. The highest BCUT2D eigenvalue weighted by Gasteiger charge is 2.19. The Bertz CT molecular complexity index is 852. The van der Waals surface area contributed by atoms with Gasteiger partial charge in [0.15, 0.2) is 0 Å². The summed E-state index contributed by atoms with van der Waals surface area (Å²) >= 11 is 0. The molecule has 1 aliphatic heterocycles. The fourth-order valence-corrected chi connectivity index (χ4v) is 3.28. The number of anilines is 1. The van der Waals surface area contributed by atoms with Crippen LogP contribution in [0.15, 0.2) is 42.5 Å². The van der Waals surface area contributed by atoms with Gasteiger partial charge in [0.05, 0.1) is 19.3 Å². The molecule has 0 saturated carbocycles. The van der Waals surface area contributed by atoms with Crippen LogP contribution in [0.25, 0.3) is 0 Å². The molecular formula is C24H32N2O4. The molecule has 30 heavy (non-hydrogen) atoms. The molecule has 1 fully saturated rings. The van der Waals surface area contributed by atoms with Gasteiger partial charge >= 0.3 is 6.03 Å². The van der Waals surface area contributed by atoms with Crippen LogP contribution in [0.1, 0.15) is 50.0 Å². The minimum atomic E-state index is -0.774. The molecular weight excluding hydrogens is 380 g/mol. The van der Waals surface area contributed by atoms with Gasteiger partial charge in [-0.1, -0.05) is 51.1 Å². The lowest BCUT2D eigenvalue weighted by atomic mass is 9.86. The molecule has 2 aromatic carbocycles. The third kappa shape index (κ3) is 5.97. The standard InChI is InChI=1S/C24H32N2O4/c1-16-5-10-19(13-22(16)30-20-11-12-29-15-20)26-23(28)25-14-21(27)17-6-8-18(9-7-17)24(2,3)4/h5-10,13,20-21,27H,11-12,14-15H2,1-4H3,(H2,25,26,28). The van der Waals surface area contributed by atoms with E-state index in [4.69, 9.17) is 9.47 Å². The number of hydrogen-bond donors (Lipinski definition) is 3. The fourth-order valence-electron chi connectivity index (χ4n) is 3.28. The normalized spacial score (nSPS) is 17.4. The van der Waals surface area contributed by atoms with E-state index in [0.29, 0.717) is 18.9 Å². The van der Waals surface area contributed by atoms with E-state index in [9.17, 15) is 9.90 Å². The van der Waals surface area contributed by atoms with E-state index >= 15 is 0 Å². The van der Waals surface area contributed by atoms with E-state index in [0.717, 1.165) is 23.3 Å². The van der Waals surface area contributed by atoms with Crippen molar-refractivity contribution in [3.63, 3.8) is 0 Å². The molecule has 0 aliphatic carbocycles. The number of aryl methyl sites for hydroxylation is 1. The maximum absolute atomic E-state index is 12.3. The smallest absolute Gasteiger partial charge is 0.319 e. The van der Waals surface area contributed by atoms with Crippen LogP contribution in [0.3, 0.4) is 0 Å². The fraction of sp³-hybridized carbons (Fsp3) is 0.458. The van der Waals surface area contributed by atoms with Gasteiger partial charge in [-0.3, -0.25) is 0 Å². The van der Waals surface area contributed by atoms with E-state index in [1.807, 2.05) is 49.4 Å². The van der Waals surface area contributed by atoms with Crippen LogP contribution in [0.5, 0.6) is 5.75 Å². The van der Waals surface area contributed by atoms with Crippen LogP contribution < -0.4 is 15.4 Å². The van der Waals surface area contributed by atoms with Crippen LogP contribution in [0.4, 0.5) is 10.5 Å². The second-order valence-corrected chi connectivity index (χ2v) is 8.81. The Kier molecular flexibility index (Phi) is 7.00. The van der Waals surface area contributed by atoms with Crippen molar-refractivity contribution in [3.05, 3.63) is 59.2 Å². The molecule has 0 spiro atoms. The average molecular weight is 413 g/mol. The van der Waals surface area contributed by atoms with E-state index in [1.165, 1.54) is 5.56 Å². The first-order valence-corrected chi connectivity index (χ1v) is 10.4. The van der Waals surface area contributed by atoms with Crippen molar-refractivity contribution in [2.24, 2.45) is 0 Å². The first-order chi connectivity index (χ1) is 14.2. The van der Waals surface area contributed by atoms with Gasteiger partial charge in [0, 0.05) is 24.7 Å². The lowest BCUT2D eigenvalue weighted by Gasteiger charge is -2.20. The zero-order chi connectivity index (χ0) is 21.7. The van der Waals surface area contributed by atoms with Crippen molar-refractivity contribution >= 4 is 11.7 Å². The van der Waals surface area contributed by atoms with Crippen molar-refractivity contribution < 1.29 is 19.4 Å². The molecule has 3 rings (SSSR count). The quantitative estimate of drug-likeness (QED) is 0.660. The molecule has 0 bridgehead atoms. The number of carbonyl (C=O) groups excluding carboxylic acids is 1. The van der Waals surface area contributed by atoms with Crippen molar-refractivity contribution in [1.29, 1.82) is 0 Å². The number of aliphatic hydroxyl groups is 1. The van der Waals surface area contributed by atoms with Gasteiger partial charge in [-0.2, -0.15) is 0 Å². The molecule has 2 unspecified atom stereocenters. The SMILES string of the molecule is Cc1ccc(NC(=O)NCC(O)c2ccc(C(C)(C)C)cc2)cc1OC1CCOC1. The number of nitrogens with one attached hydrogen (secondary N) is 2. The monoisotopic (exact) mass is 412 g/mol. The Morgan fingerprint density at radius 1 is 1.23 bits per heavy atom. The topological polar surface area (TPSA) is 79.8 Å². The van der Waals surface area contributed by atoms with E-state index in [1.54, 1.807) is 0 Å². The number of carbonyl (C=O) groups is 1. The Balaban J connectivity index is 1.52. The number of urea groups is 1. The second-order valence-electron chi connectivity index (χ2n) is 8.81. The molecule has 2 atom stereocenters. The molecule has 1 saturated heterocycles. The number of benzene rings is 2. The van der Waals surface area contributed by atoms with Crippen LogP contribution in [-0.2, 0) is 10.2 Å². The summed E-state index contributed by atoms with van der Waals surface area (Å²) in [5.74, 6) is 0.738. The van der Waals surface area contributed by atoms with Gasteiger partial charge in [-0.25, -0.2) is 4.79 Å². The van der Waals surface area contributed by atoms with Crippen molar-refractivity contribution in [2.45, 2.75) is 51.7 Å². The average Bonchev–Trinajstić information content (AvgIpc) is 3.21. The van der Waals surface area contributed by atoms with Crippen LogP contribution in [0.2, 0.25) is 0 Å². The zero-order valence-corrected chi connectivity index (χ0v) is 18.2. The molecule has 162 valence electrons. The summed E-state index contributed by atoms with van der Waals surface area (Å²) in [4.78, 5) is 12.3. The Hall–Kier alpha value is -2.57. The summed E-state index contributed by atoms with van der Waals surface area (Å²) < 4.78 is 11.3. The Morgan fingerprint density at radius 2 is 1.97 bits per heavy atom. The van der Waals surface area contributed by atoms with Crippen molar-refractivity contribution in [3.8, 4) is 5.75 Å². The highest BCUT2D eigenvalue weighted by Crippen LogP contribution is 2.26. The molecule has 6 heteroatoms. The third-order valence-corrected chi connectivity index (χ3v) is 5.25. The zero-order valence-electron chi connectivity index (χ0n) is 18.2. The molecule has 0 aromatic heterocycles. The predicted molar refractivity (Wildman–Crippen MR) is 118 cm³/mol. The third-order valence-electron chi connectivity index (χ3n) is 5.25. The predicted octanol–water partition coefficient (Wildman–Crippen LogP) is 4.32. The minimum absolute atomic E-state index is 0.0487. The molecule has 3 N–H and O–H groups in total. The second kappa shape index (κ2) is 9.49. The molecule has 6 nitrogen and oxygen atoms in total. The lowest BCUT2D eigenvalue weighted by Crippen LogP contribution is -2.32. The molecule has 1 aliphatic rings. The molecule has 2 amide bonds. The Labute approximate surface area is 178 Å². The van der Waals surface area contributed by atoms with Gasteiger partial charge in [-0.15, -0.1) is 0 Å². The first kappa shape index (κ1) is 22.1. The maximum Gasteiger partial charge on any atom is 0.319 e. The van der Waals surface area contributed by atoms with Crippen LogP contribution in [0, 0.1) is 6.92 Å². The molecule has 2 aromatic rings. The van der Waals surface area contributed by atoms with E-state index in [2.05, 4.69) is 31.4 Å². The van der Waals surface area contributed by atoms with E-state index < -0.39 is 6.10 Å². The van der Waals surface area contributed by atoms with Gasteiger partial charge in [0.25, 0.3) is 0 Å². The summed E-state index contributed by atoms with van der Waals surface area (Å²) in [6.07, 6.45) is 0.142. The first-order valence-electron chi connectivity index (χ1n) is 10.4. The van der Waals surface area contributed by atoms with Gasteiger partial charge in [-0.05, 0) is 35.1 Å². The lowest BCUT2D eigenvalue weighted by molar-refractivity contribution is 0.141. The molecule has 0 radical (unpaired) electrons. The van der Waals surface area contributed by atoms with Gasteiger partial charge in [0.1, 0.15) is 11.9 Å². The van der Waals surface area contributed by atoms with Crippen LogP contribution in [-0.4, -0.2) is 37.0 Å². The Morgan fingerprint density at radius 3 is 2.60 bits per heavy atom. The minimum Gasteiger partial charge on any atom is -0.488 e. The van der Waals surface area contributed by atoms with Crippen LogP contribution >= 0.6 is 0 Å².